The van der Waals surface area contributed by atoms with Crippen molar-refractivity contribution in [2.45, 2.75) is 32.6 Å². The van der Waals surface area contributed by atoms with Crippen LogP contribution in [-0.2, 0) is 14.3 Å². The highest BCUT2D eigenvalue weighted by molar-refractivity contribution is 5.86. The van der Waals surface area contributed by atoms with Crippen molar-refractivity contribution in [1.82, 2.24) is 4.90 Å². The lowest BCUT2D eigenvalue weighted by molar-refractivity contribution is -0.139. The quantitative estimate of drug-likeness (QED) is 0.405. The van der Waals surface area contributed by atoms with Crippen molar-refractivity contribution in [3.63, 3.8) is 0 Å². The van der Waals surface area contributed by atoms with Crippen LogP contribution in [0.5, 0.6) is 0 Å². The fourth-order valence-corrected chi connectivity index (χ4v) is 1.64. The van der Waals surface area contributed by atoms with Crippen molar-refractivity contribution < 1.29 is 14.3 Å². The number of nitrogens with zero attached hydrogens (tertiary/aromatic N) is 1. The summed E-state index contributed by atoms with van der Waals surface area (Å²) in [6.45, 7) is 7.00. The van der Waals surface area contributed by atoms with Crippen LogP contribution in [-0.4, -0.2) is 36.5 Å². The number of piperidine rings is 1. The van der Waals surface area contributed by atoms with E-state index in [1.807, 2.05) is 4.90 Å². The highest BCUT2D eigenvalue weighted by Crippen LogP contribution is 2.10. The second kappa shape index (κ2) is 6.30. The Bertz CT molecular complexity index is 286. The van der Waals surface area contributed by atoms with Crippen LogP contribution in [0.1, 0.15) is 32.6 Å². The van der Waals surface area contributed by atoms with Crippen LogP contribution in [0.3, 0.4) is 0 Å². The molecule has 0 unspecified atom stereocenters. The summed E-state index contributed by atoms with van der Waals surface area (Å²) in [5.74, 6) is -0.137. The molecular weight excluding hydrogens is 206 g/mol. The van der Waals surface area contributed by atoms with Gasteiger partial charge in [-0.05, 0) is 26.2 Å². The molecule has 4 nitrogen and oxygen atoms in total. The van der Waals surface area contributed by atoms with Gasteiger partial charge in [0.15, 0.2) is 0 Å². The van der Waals surface area contributed by atoms with Crippen molar-refractivity contribution >= 4 is 11.9 Å². The van der Waals surface area contributed by atoms with E-state index < -0.39 is 0 Å². The molecular formula is C12H19NO3. The summed E-state index contributed by atoms with van der Waals surface area (Å²) in [6.07, 6.45) is 3.44. The van der Waals surface area contributed by atoms with Crippen LogP contribution >= 0.6 is 0 Å². The van der Waals surface area contributed by atoms with Crippen LogP contribution in [0.25, 0.3) is 0 Å². The molecule has 1 heterocycles. The number of esters is 1. The molecule has 0 aliphatic carbocycles. The maximum absolute atomic E-state index is 11.4. The van der Waals surface area contributed by atoms with Crippen LogP contribution in [0.15, 0.2) is 12.2 Å². The zero-order valence-corrected chi connectivity index (χ0v) is 9.83. The Morgan fingerprint density at radius 1 is 1.50 bits per heavy atom. The van der Waals surface area contributed by atoms with Crippen molar-refractivity contribution in [3.05, 3.63) is 12.2 Å². The molecule has 0 radical (unpaired) electrons. The fourth-order valence-electron chi connectivity index (χ4n) is 1.64. The average Bonchev–Trinajstić information content (AvgIpc) is 2.26. The Morgan fingerprint density at radius 2 is 2.25 bits per heavy atom. The lowest BCUT2D eigenvalue weighted by Gasteiger charge is -2.26. The summed E-state index contributed by atoms with van der Waals surface area (Å²) in [7, 11) is 0. The van der Waals surface area contributed by atoms with Gasteiger partial charge >= 0.3 is 5.97 Å². The molecule has 0 aromatic heterocycles. The number of carbonyl (C=O) groups is 2. The van der Waals surface area contributed by atoms with E-state index in [4.69, 9.17) is 4.74 Å². The molecule has 1 aliphatic heterocycles. The third-order valence-corrected chi connectivity index (χ3v) is 2.58. The standard InChI is InChI=1S/C12H19NO3/c1-10(2)12(15)16-9-5-8-13-7-4-3-6-11(13)14/h1,3-9H2,2H3. The van der Waals surface area contributed by atoms with Gasteiger partial charge in [-0.3, -0.25) is 4.79 Å². The maximum Gasteiger partial charge on any atom is 0.333 e. The molecule has 1 fully saturated rings. The number of rotatable bonds is 5. The Balaban J connectivity index is 2.13. The number of carbonyl (C=O) groups excluding carboxylic acids is 2. The minimum Gasteiger partial charge on any atom is -0.462 e. The lowest BCUT2D eigenvalue weighted by Crippen LogP contribution is -2.36. The van der Waals surface area contributed by atoms with E-state index in [2.05, 4.69) is 6.58 Å². The molecule has 1 saturated heterocycles. The smallest absolute Gasteiger partial charge is 0.333 e. The Hall–Kier alpha value is -1.32. The monoisotopic (exact) mass is 225 g/mol. The van der Waals surface area contributed by atoms with Gasteiger partial charge in [-0.15, -0.1) is 0 Å². The SMILES string of the molecule is C=C(C)C(=O)OCCCN1CCCCC1=O. The van der Waals surface area contributed by atoms with E-state index in [1.54, 1.807) is 6.92 Å². The molecule has 0 saturated carbocycles. The zero-order chi connectivity index (χ0) is 12.0. The van der Waals surface area contributed by atoms with E-state index in [0.717, 1.165) is 19.4 Å². The normalized spacial score (nSPS) is 16.1. The molecule has 1 aliphatic rings. The summed E-state index contributed by atoms with van der Waals surface area (Å²) < 4.78 is 4.95. The summed E-state index contributed by atoms with van der Waals surface area (Å²) in [6, 6.07) is 0. The second-order valence-corrected chi connectivity index (χ2v) is 4.11. The average molecular weight is 225 g/mol. The van der Waals surface area contributed by atoms with E-state index in [9.17, 15) is 9.59 Å². The Kier molecular flexibility index (Phi) is 5.02. The molecule has 0 atom stereocenters. The molecule has 0 bridgehead atoms. The predicted octanol–water partition coefficient (Wildman–Crippen LogP) is 1.51. The minimum atomic E-state index is -0.357. The highest BCUT2D eigenvalue weighted by Gasteiger charge is 2.17. The third kappa shape index (κ3) is 4.04. The van der Waals surface area contributed by atoms with E-state index in [0.29, 0.717) is 31.6 Å². The molecule has 1 amide bonds. The zero-order valence-electron chi connectivity index (χ0n) is 9.83. The van der Waals surface area contributed by atoms with Gasteiger partial charge < -0.3 is 9.64 Å². The van der Waals surface area contributed by atoms with Crippen LogP contribution in [0.4, 0.5) is 0 Å². The summed E-state index contributed by atoms with van der Waals surface area (Å²) in [5.41, 5.74) is 0.411. The van der Waals surface area contributed by atoms with Crippen molar-refractivity contribution in [1.29, 1.82) is 0 Å². The molecule has 0 aromatic carbocycles. The van der Waals surface area contributed by atoms with Gasteiger partial charge in [-0.25, -0.2) is 4.79 Å². The lowest BCUT2D eigenvalue weighted by atomic mass is 10.1. The Labute approximate surface area is 96.3 Å². The molecule has 4 heteroatoms. The largest absolute Gasteiger partial charge is 0.462 e. The Morgan fingerprint density at radius 3 is 2.88 bits per heavy atom. The van der Waals surface area contributed by atoms with Gasteiger partial charge in [-0.1, -0.05) is 6.58 Å². The summed E-state index contributed by atoms with van der Waals surface area (Å²) >= 11 is 0. The second-order valence-electron chi connectivity index (χ2n) is 4.11. The number of hydrogen-bond acceptors (Lipinski definition) is 3. The molecule has 16 heavy (non-hydrogen) atoms. The van der Waals surface area contributed by atoms with Crippen molar-refractivity contribution in [2.24, 2.45) is 0 Å². The first-order valence-corrected chi connectivity index (χ1v) is 5.71. The van der Waals surface area contributed by atoms with Gasteiger partial charge in [0.25, 0.3) is 0 Å². The van der Waals surface area contributed by atoms with Crippen molar-refractivity contribution in [2.75, 3.05) is 19.7 Å². The van der Waals surface area contributed by atoms with Crippen molar-refractivity contribution in [3.8, 4) is 0 Å². The molecule has 1 rings (SSSR count). The topological polar surface area (TPSA) is 46.6 Å². The van der Waals surface area contributed by atoms with Gasteiger partial charge in [0, 0.05) is 25.1 Å². The number of amides is 1. The van der Waals surface area contributed by atoms with Gasteiger partial charge in [0.05, 0.1) is 6.61 Å². The fraction of sp³-hybridized carbons (Fsp3) is 0.667. The first-order valence-electron chi connectivity index (χ1n) is 5.71. The van der Waals surface area contributed by atoms with E-state index >= 15 is 0 Å². The van der Waals surface area contributed by atoms with Gasteiger partial charge in [-0.2, -0.15) is 0 Å². The summed E-state index contributed by atoms with van der Waals surface area (Å²) in [4.78, 5) is 24.3. The van der Waals surface area contributed by atoms with Gasteiger partial charge in [0.2, 0.25) is 5.91 Å². The van der Waals surface area contributed by atoms with Gasteiger partial charge in [0.1, 0.15) is 0 Å². The van der Waals surface area contributed by atoms with E-state index in [-0.39, 0.29) is 11.9 Å². The number of likely N-dealkylation sites (tertiary alicyclic amines) is 1. The minimum absolute atomic E-state index is 0.220. The first kappa shape index (κ1) is 12.7. The van der Waals surface area contributed by atoms with E-state index in [1.165, 1.54) is 0 Å². The molecule has 90 valence electrons. The summed E-state index contributed by atoms with van der Waals surface area (Å²) in [5, 5.41) is 0. The highest BCUT2D eigenvalue weighted by atomic mass is 16.5. The maximum atomic E-state index is 11.4. The number of ether oxygens (including phenoxy) is 1. The molecule has 0 N–H and O–H groups in total. The number of hydrogen-bond donors (Lipinski definition) is 0. The molecule has 0 aromatic rings. The third-order valence-electron chi connectivity index (χ3n) is 2.58. The first-order chi connectivity index (χ1) is 7.61. The van der Waals surface area contributed by atoms with Crippen LogP contribution in [0.2, 0.25) is 0 Å². The molecule has 0 spiro atoms. The predicted molar refractivity (Wildman–Crippen MR) is 60.8 cm³/mol. The van der Waals surface area contributed by atoms with Crippen LogP contribution < -0.4 is 0 Å². The van der Waals surface area contributed by atoms with Crippen LogP contribution in [0, 0.1) is 0 Å².